The summed E-state index contributed by atoms with van der Waals surface area (Å²) in [7, 11) is 0. The molecule has 0 bridgehead atoms. The van der Waals surface area contributed by atoms with Crippen molar-refractivity contribution >= 4 is 5.96 Å². The molecule has 0 heterocycles. The zero-order chi connectivity index (χ0) is 12.8. The molecular weight excluding hydrogens is 219 g/mol. The lowest BCUT2D eigenvalue weighted by atomic mass is 10.1. The summed E-state index contributed by atoms with van der Waals surface area (Å²) >= 11 is 0. The summed E-state index contributed by atoms with van der Waals surface area (Å²) in [6.45, 7) is 5.85. The molecule has 1 unspecified atom stereocenters. The van der Waals surface area contributed by atoms with Gasteiger partial charge in [0.25, 0.3) is 0 Å². The Morgan fingerprint density at radius 1 is 1.35 bits per heavy atom. The standard InChI is InChI=1S/C12H19FN4/c1-8(2)15-12(17-14)16-9(3)10-5-4-6-11(13)7-10/h4-9H,14H2,1-3H3,(H2,15,16,17). The molecule has 0 aromatic heterocycles. The molecule has 94 valence electrons. The van der Waals surface area contributed by atoms with Crippen LogP contribution in [0, 0.1) is 5.82 Å². The van der Waals surface area contributed by atoms with E-state index in [1.54, 1.807) is 6.07 Å². The van der Waals surface area contributed by atoms with Gasteiger partial charge in [-0.05, 0) is 38.5 Å². The Morgan fingerprint density at radius 3 is 2.59 bits per heavy atom. The fourth-order valence-corrected chi connectivity index (χ4v) is 1.42. The molecule has 0 saturated heterocycles. The second-order valence-electron chi connectivity index (χ2n) is 4.15. The summed E-state index contributed by atoms with van der Waals surface area (Å²) in [5.41, 5.74) is 3.30. The van der Waals surface area contributed by atoms with E-state index in [9.17, 15) is 4.39 Å². The van der Waals surface area contributed by atoms with Crippen LogP contribution < -0.4 is 16.6 Å². The van der Waals surface area contributed by atoms with Crippen molar-refractivity contribution in [1.29, 1.82) is 0 Å². The molecule has 0 radical (unpaired) electrons. The molecule has 1 aromatic carbocycles. The van der Waals surface area contributed by atoms with Gasteiger partial charge in [0.15, 0.2) is 0 Å². The van der Waals surface area contributed by atoms with Gasteiger partial charge in [0.05, 0.1) is 6.04 Å². The number of rotatable bonds is 3. The average Bonchev–Trinajstić information content (AvgIpc) is 2.27. The number of hydrazine groups is 1. The van der Waals surface area contributed by atoms with E-state index in [0.29, 0.717) is 5.96 Å². The maximum absolute atomic E-state index is 13.1. The Kier molecular flexibility index (Phi) is 4.90. The zero-order valence-corrected chi connectivity index (χ0v) is 10.4. The Bertz CT molecular complexity index is 390. The molecule has 0 fully saturated rings. The minimum Gasteiger partial charge on any atom is -0.353 e. The van der Waals surface area contributed by atoms with Crippen molar-refractivity contribution in [3.05, 3.63) is 35.6 Å². The zero-order valence-electron chi connectivity index (χ0n) is 10.4. The number of hydrogen-bond donors (Lipinski definition) is 3. The van der Waals surface area contributed by atoms with E-state index in [2.05, 4.69) is 15.7 Å². The number of halogens is 1. The van der Waals surface area contributed by atoms with E-state index in [1.165, 1.54) is 12.1 Å². The number of nitrogens with zero attached hydrogens (tertiary/aromatic N) is 1. The van der Waals surface area contributed by atoms with Gasteiger partial charge in [0.1, 0.15) is 5.82 Å². The van der Waals surface area contributed by atoms with E-state index >= 15 is 0 Å². The normalized spacial score (nSPS) is 13.6. The number of nitrogens with two attached hydrogens (primary N) is 1. The maximum atomic E-state index is 13.1. The van der Waals surface area contributed by atoms with E-state index < -0.39 is 0 Å². The number of nitrogens with one attached hydrogen (secondary N) is 2. The van der Waals surface area contributed by atoms with Gasteiger partial charge in [-0.1, -0.05) is 12.1 Å². The van der Waals surface area contributed by atoms with Crippen molar-refractivity contribution in [3.8, 4) is 0 Å². The van der Waals surface area contributed by atoms with Crippen molar-refractivity contribution in [1.82, 2.24) is 10.7 Å². The Balaban J connectivity index is 2.81. The predicted octanol–water partition coefficient (Wildman–Crippen LogP) is 1.70. The minimum atomic E-state index is -0.261. The summed E-state index contributed by atoms with van der Waals surface area (Å²) in [4.78, 5) is 4.35. The Morgan fingerprint density at radius 2 is 2.06 bits per heavy atom. The van der Waals surface area contributed by atoms with Crippen molar-refractivity contribution in [2.24, 2.45) is 10.8 Å². The summed E-state index contributed by atoms with van der Waals surface area (Å²) in [5.74, 6) is 5.60. The second kappa shape index (κ2) is 6.20. The summed E-state index contributed by atoms with van der Waals surface area (Å²) in [6.07, 6.45) is 0. The van der Waals surface area contributed by atoms with Crippen LogP contribution in [0.2, 0.25) is 0 Å². The summed E-state index contributed by atoms with van der Waals surface area (Å²) in [6, 6.07) is 6.45. The Hall–Kier alpha value is -1.62. The molecule has 0 amide bonds. The molecule has 1 aromatic rings. The van der Waals surface area contributed by atoms with E-state index in [1.807, 2.05) is 26.8 Å². The third-order valence-electron chi connectivity index (χ3n) is 2.22. The van der Waals surface area contributed by atoms with Crippen LogP contribution in [0.25, 0.3) is 0 Å². The first kappa shape index (κ1) is 13.4. The van der Waals surface area contributed by atoms with Crippen molar-refractivity contribution < 1.29 is 4.39 Å². The van der Waals surface area contributed by atoms with Gasteiger partial charge in [0.2, 0.25) is 5.96 Å². The minimum absolute atomic E-state index is 0.164. The van der Waals surface area contributed by atoms with E-state index in [-0.39, 0.29) is 17.9 Å². The molecule has 4 N–H and O–H groups in total. The van der Waals surface area contributed by atoms with Gasteiger partial charge in [-0.15, -0.1) is 0 Å². The largest absolute Gasteiger partial charge is 0.353 e. The quantitative estimate of drug-likeness (QED) is 0.325. The SMILES string of the molecule is CC(C)NC(=NC(C)c1cccc(F)c1)NN. The lowest BCUT2D eigenvalue weighted by Crippen LogP contribution is -2.44. The van der Waals surface area contributed by atoms with Crippen LogP contribution in [-0.4, -0.2) is 12.0 Å². The van der Waals surface area contributed by atoms with Gasteiger partial charge >= 0.3 is 0 Å². The van der Waals surface area contributed by atoms with Crippen LogP contribution in [0.3, 0.4) is 0 Å². The van der Waals surface area contributed by atoms with Crippen LogP contribution in [0.1, 0.15) is 32.4 Å². The molecule has 0 spiro atoms. The molecule has 1 atom stereocenters. The molecule has 17 heavy (non-hydrogen) atoms. The highest BCUT2D eigenvalue weighted by Crippen LogP contribution is 2.17. The molecule has 0 saturated carbocycles. The molecule has 5 heteroatoms. The van der Waals surface area contributed by atoms with Gasteiger partial charge in [-0.25, -0.2) is 15.2 Å². The summed E-state index contributed by atoms with van der Waals surface area (Å²) in [5, 5.41) is 3.06. The first-order chi connectivity index (χ1) is 8.02. The van der Waals surface area contributed by atoms with Crippen LogP contribution in [0.4, 0.5) is 4.39 Å². The first-order valence-electron chi connectivity index (χ1n) is 5.59. The fourth-order valence-electron chi connectivity index (χ4n) is 1.42. The molecular formula is C12H19FN4. The lowest BCUT2D eigenvalue weighted by molar-refractivity contribution is 0.621. The number of aliphatic imine (C=N–C) groups is 1. The number of benzene rings is 1. The highest BCUT2D eigenvalue weighted by atomic mass is 19.1. The highest BCUT2D eigenvalue weighted by molar-refractivity contribution is 5.79. The maximum Gasteiger partial charge on any atom is 0.206 e. The van der Waals surface area contributed by atoms with Gasteiger partial charge in [0, 0.05) is 6.04 Å². The third-order valence-corrected chi connectivity index (χ3v) is 2.22. The second-order valence-corrected chi connectivity index (χ2v) is 4.15. The topological polar surface area (TPSA) is 62.4 Å². The number of hydrogen-bond acceptors (Lipinski definition) is 2. The molecule has 1 rings (SSSR count). The first-order valence-corrected chi connectivity index (χ1v) is 5.59. The summed E-state index contributed by atoms with van der Waals surface area (Å²) < 4.78 is 13.1. The van der Waals surface area contributed by atoms with Crippen molar-refractivity contribution in [2.75, 3.05) is 0 Å². The van der Waals surface area contributed by atoms with Crippen LogP contribution in [0.15, 0.2) is 29.3 Å². The van der Waals surface area contributed by atoms with Crippen LogP contribution >= 0.6 is 0 Å². The lowest BCUT2D eigenvalue weighted by Gasteiger charge is -2.15. The molecule has 4 nitrogen and oxygen atoms in total. The molecule has 0 aliphatic rings. The van der Waals surface area contributed by atoms with E-state index in [0.717, 1.165) is 5.56 Å². The smallest absolute Gasteiger partial charge is 0.206 e. The van der Waals surface area contributed by atoms with Crippen molar-refractivity contribution in [2.45, 2.75) is 32.9 Å². The van der Waals surface area contributed by atoms with Crippen LogP contribution in [-0.2, 0) is 0 Å². The molecule has 0 aliphatic carbocycles. The van der Waals surface area contributed by atoms with Crippen LogP contribution in [0.5, 0.6) is 0 Å². The van der Waals surface area contributed by atoms with E-state index in [4.69, 9.17) is 5.84 Å². The van der Waals surface area contributed by atoms with Gasteiger partial charge in [-0.2, -0.15) is 0 Å². The van der Waals surface area contributed by atoms with Gasteiger partial charge in [-0.3, -0.25) is 5.43 Å². The third kappa shape index (κ3) is 4.40. The average molecular weight is 238 g/mol. The number of guanidine groups is 1. The fraction of sp³-hybridized carbons (Fsp3) is 0.417. The molecule has 0 aliphatic heterocycles. The highest BCUT2D eigenvalue weighted by Gasteiger charge is 2.07. The van der Waals surface area contributed by atoms with Crippen molar-refractivity contribution in [3.63, 3.8) is 0 Å². The Labute approximate surface area is 101 Å². The monoisotopic (exact) mass is 238 g/mol. The predicted molar refractivity (Wildman–Crippen MR) is 67.8 cm³/mol. The van der Waals surface area contributed by atoms with Gasteiger partial charge < -0.3 is 5.32 Å².